The zero-order valence-electron chi connectivity index (χ0n) is 17.8. The summed E-state index contributed by atoms with van der Waals surface area (Å²) in [6, 6.07) is 6.55. The van der Waals surface area contributed by atoms with E-state index in [0.29, 0.717) is 24.0 Å². The van der Waals surface area contributed by atoms with Gasteiger partial charge in [-0.2, -0.15) is 23.5 Å². The highest BCUT2D eigenvalue weighted by molar-refractivity contribution is 6.34. The molecule has 1 aliphatic rings. The molecule has 2 aromatic heterocycles. The van der Waals surface area contributed by atoms with E-state index in [1.165, 1.54) is 31.6 Å². The maximum absolute atomic E-state index is 13.8. The molecule has 1 aromatic carbocycles. The number of alkyl halides is 4. The maximum Gasteiger partial charge on any atom is 0.425 e. The van der Waals surface area contributed by atoms with Crippen molar-refractivity contribution in [2.45, 2.75) is 37.8 Å². The first-order valence-corrected chi connectivity index (χ1v) is 10.4. The maximum atomic E-state index is 13.8. The van der Waals surface area contributed by atoms with E-state index in [2.05, 4.69) is 26.3 Å². The molecule has 8 nitrogen and oxygen atoms in total. The summed E-state index contributed by atoms with van der Waals surface area (Å²) in [4.78, 5) is 12.6. The number of halogens is 5. The lowest BCUT2D eigenvalue weighted by Crippen LogP contribution is -2.35. The van der Waals surface area contributed by atoms with E-state index in [9.17, 15) is 27.6 Å². The molecule has 0 radical (unpaired) electrons. The van der Waals surface area contributed by atoms with E-state index in [1.807, 2.05) is 0 Å². The lowest BCUT2D eigenvalue weighted by molar-refractivity contribution is -0.139. The van der Waals surface area contributed by atoms with Gasteiger partial charge in [-0.25, -0.2) is 13.8 Å². The molecule has 1 atom stereocenters. The normalized spacial score (nSPS) is 15.5. The van der Waals surface area contributed by atoms with Crippen LogP contribution in [0.25, 0.3) is 16.9 Å². The Bertz CT molecular complexity index is 1300. The lowest BCUT2D eigenvalue weighted by Gasteiger charge is -2.11. The Morgan fingerprint density at radius 3 is 2.65 bits per heavy atom. The van der Waals surface area contributed by atoms with E-state index < -0.39 is 41.2 Å². The van der Waals surface area contributed by atoms with Gasteiger partial charge in [0.05, 0.1) is 22.9 Å². The fourth-order valence-corrected chi connectivity index (χ4v) is 3.58. The Labute approximate surface area is 195 Å². The summed E-state index contributed by atoms with van der Waals surface area (Å²) in [7, 11) is 1.25. The van der Waals surface area contributed by atoms with E-state index in [1.54, 1.807) is 6.07 Å². The molecule has 1 unspecified atom stereocenters. The van der Waals surface area contributed by atoms with Crippen molar-refractivity contribution in [1.82, 2.24) is 24.9 Å². The van der Waals surface area contributed by atoms with Crippen molar-refractivity contribution in [2.75, 3.05) is 0 Å². The summed E-state index contributed by atoms with van der Waals surface area (Å²) in [5.41, 5.74) is -1.24. The third kappa shape index (κ3) is 4.43. The molecule has 4 rings (SSSR count). The summed E-state index contributed by atoms with van der Waals surface area (Å²) in [5, 5.41) is 19.6. The van der Waals surface area contributed by atoms with Crippen molar-refractivity contribution in [3.8, 4) is 28.9 Å². The highest BCUT2D eigenvalue weighted by Gasteiger charge is 2.45. The lowest BCUT2D eigenvalue weighted by atomic mass is 10.1. The van der Waals surface area contributed by atoms with Crippen molar-refractivity contribution in [3.05, 3.63) is 46.7 Å². The predicted octanol–water partition coefficient (Wildman–Crippen LogP) is 4.43. The molecule has 1 saturated carbocycles. The number of hydrogen-bond donors (Lipinski definition) is 1. The topological polar surface area (TPSA) is 97.8 Å². The molecular weight excluding hydrogens is 480 g/mol. The molecule has 0 aliphatic heterocycles. The van der Waals surface area contributed by atoms with Crippen LogP contribution in [0.3, 0.4) is 0 Å². The molecule has 1 N–H and O–H groups in total. The number of hydrogen-bond acceptors (Lipinski definition) is 5. The van der Waals surface area contributed by atoms with E-state index in [4.69, 9.17) is 11.6 Å². The van der Waals surface area contributed by atoms with Crippen molar-refractivity contribution < 1.29 is 27.1 Å². The Balaban J connectivity index is 1.71. The number of carbonyl (C=O) groups excluding carboxylic acids is 1. The minimum atomic E-state index is -4.90. The van der Waals surface area contributed by atoms with Gasteiger partial charge in [0, 0.05) is 25.7 Å². The van der Waals surface area contributed by atoms with Gasteiger partial charge in [0.1, 0.15) is 5.54 Å². The van der Waals surface area contributed by atoms with Gasteiger partial charge >= 0.3 is 6.18 Å². The minimum Gasteiger partial charge on any atom is -0.442 e. The number of nitrogens with one attached hydrogen (secondary N) is 1. The number of aromatic nitrogens is 4. The van der Waals surface area contributed by atoms with Gasteiger partial charge in [0.15, 0.2) is 11.4 Å². The third-order valence-electron chi connectivity index (χ3n) is 5.20. The molecule has 1 aliphatic carbocycles. The van der Waals surface area contributed by atoms with Crippen LogP contribution in [0.4, 0.5) is 17.6 Å². The van der Waals surface area contributed by atoms with Gasteiger partial charge in [-0.15, -0.1) is 5.10 Å². The average Bonchev–Trinajstić information content (AvgIpc) is 3.20. The van der Waals surface area contributed by atoms with Crippen LogP contribution in [0.1, 0.15) is 35.7 Å². The van der Waals surface area contributed by atoms with Gasteiger partial charge in [0.2, 0.25) is 12.2 Å². The Kier molecular flexibility index (Phi) is 5.77. The SMILES string of the molecule is CC(F)Oc1nn(C)c(-n2cc(-c3ccc(Cl)c(C(=O)NC4(C#N)CC4)c3)cn2)c1C(F)(F)F. The molecule has 3 aromatic rings. The van der Waals surface area contributed by atoms with Crippen LogP contribution in [0, 0.1) is 11.3 Å². The number of rotatable bonds is 6. The minimum absolute atomic E-state index is 0.109. The second-order valence-electron chi connectivity index (χ2n) is 7.80. The largest absolute Gasteiger partial charge is 0.442 e. The molecule has 178 valence electrons. The summed E-state index contributed by atoms with van der Waals surface area (Å²) >= 11 is 6.16. The van der Waals surface area contributed by atoms with Gasteiger partial charge in [0.25, 0.3) is 5.91 Å². The highest BCUT2D eigenvalue weighted by Crippen LogP contribution is 2.41. The van der Waals surface area contributed by atoms with E-state index >= 15 is 0 Å². The smallest absolute Gasteiger partial charge is 0.425 e. The van der Waals surface area contributed by atoms with Crippen LogP contribution < -0.4 is 10.1 Å². The zero-order valence-corrected chi connectivity index (χ0v) is 18.6. The first-order chi connectivity index (χ1) is 15.9. The van der Waals surface area contributed by atoms with Crippen LogP contribution in [0.15, 0.2) is 30.6 Å². The molecule has 13 heteroatoms. The second-order valence-corrected chi connectivity index (χ2v) is 8.21. The molecule has 2 heterocycles. The van der Waals surface area contributed by atoms with Crippen LogP contribution in [0.5, 0.6) is 5.88 Å². The van der Waals surface area contributed by atoms with E-state index in [0.717, 1.165) is 16.3 Å². The Morgan fingerprint density at radius 2 is 2.06 bits per heavy atom. The molecule has 34 heavy (non-hydrogen) atoms. The first kappa shape index (κ1) is 23.6. The Hall–Kier alpha value is -3.59. The van der Waals surface area contributed by atoms with Crippen molar-refractivity contribution in [1.29, 1.82) is 5.26 Å². The van der Waals surface area contributed by atoms with Crippen molar-refractivity contribution in [2.24, 2.45) is 7.05 Å². The molecule has 1 fully saturated rings. The van der Waals surface area contributed by atoms with Gasteiger partial charge in [-0.1, -0.05) is 17.7 Å². The number of benzene rings is 1. The first-order valence-electron chi connectivity index (χ1n) is 9.98. The number of amides is 1. The molecule has 1 amide bonds. The van der Waals surface area contributed by atoms with Gasteiger partial charge < -0.3 is 10.1 Å². The van der Waals surface area contributed by atoms with Crippen molar-refractivity contribution in [3.63, 3.8) is 0 Å². The van der Waals surface area contributed by atoms with Crippen LogP contribution >= 0.6 is 11.6 Å². The van der Waals surface area contributed by atoms with E-state index in [-0.39, 0.29) is 10.6 Å². The number of carbonyl (C=O) groups is 1. The zero-order chi connectivity index (χ0) is 24.8. The predicted molar refractivity (Wildman–Crippen MR) is 112 cm³/mol. The second kappa shape index (κ2) is 8.32. The number of ether oxygens (including phenoxy) is 1. The van der Waals surface area contributed by atoms with Gasteiger partial charge in [-0.3, -0.25) is 4.79 Å². The number of nitriles is 1. The fraction of sp³-hybridized carbons (Fsp3) is 0.333. The number of aryl methyl sites for hydroxylation is 1. The molecule has 0 spiro atoms. The van der Waals surface area contributed by atoms with Crippen LogP contribution in [-0.2, 0) is 13.2 Å². The van der Waals surface area contributed by atoms with Crippen molar-refractivity contribution >= 4 is 17.5 Å². The third-order valence-corrected chi connectivity index (χ3v) is 5.53. The summed E-state index contributed by atoms with van der Waals surface area (Å²) in [5.74, 6) is -1.92. The summed E-state index contributed by atoms with van der Waals surface area (Å²) in [6.45, 7) is 0.941. The summed E-state index contributed by atoms with van der Waals surface area (Å²) in [6.07, 6.45) is -3.22. The van der Waals surface area contributed by atoms with Gasteiger partial charge in [-0.05, 0) is 30.5 Å². The molecular formula is C21H17ClF4N6O2. The average molecular weight is 497 g/mol. The van der Waals surface area contributed by atoms with Crippen LogP contribution in [0.2, 0.25) is 5.02 Å². The summed E-state index contributed by atoms with van der Waals surface area (Å²) < 4.78 is 61.0. The quantitative estimate of drug-likeness (QED) is 0.509. The monoisotopic (exact) mass is 496 g/mol. The Morgan fingerprint density at radius 1 is 1.35 bits per heavy atom. The fourth-order valence-electron chi connectivity index (χ4n) is 3.38. The van der Waals surface area contributed by atoms with Crippen LogP contribution in [-0.4, -0.2) is 37.4 Å². The molecule has 0 saturated heterocycles. The highest BCUT2D eigenvalue weighted by atomic mass is 35.5. The number of nitrogens with zero attached hydrogens (tertiary/aromatic N) is 5. The molecule has 0 bridgehead atoms. The standard InChI is InChI=1S/C21H17ClF4N6O2/c1-11(23)34-18-16(21(24,25)26)19(31(2)30-18)32-9-13(8-28-32)12-3-4-15(22)14(7-12)17(33)29-20(10-27)5-6-20/h3-4,7-9,11H,5-6H2,1-2H3,(H,29,33).